The summed E-state index contributed by atoms with van der Waals surface area (Å²) in [6, 6.07) is 0. The summed E-state index contributed by atoms with van der Waals surface area (Å²) >= 11 is 0. The van der Waals surface area contributed by atoms with Gasteiger partial charge in [-0.05, 0) is 24.1 Å². The van der Waals surface area contributed by atoms with Crippen LogP contribution in [0, 0.1) is 11.8 Å². The fraction of sp³-hybridized carbons (Fsp3) is 0.125. The molecule has 19 heavy (non-hydrogen) atoms. The minimum atomic E-state index is -4.51. The fourth-order valence-electron chi connectivity index (χ4n) is 0.851. The molecule has 0 aliphatic heterocycles. The van der Waals surface area contributed by atoms with E-state index in [0.29, 0.717) is 11.1 Å². The Hall–Kier alpha value is -2.21. The lowest BCUT2D eigenvalue weighted by Gasteiger charge is -1.98. The van der Waals surface area contributed by atoms with Gasteiger partial charge in [0.25, 0.3) is 0 Å². The van der Waals surface area contributed by atoms with Crippen molar-refractivity contribution in [3.63, 3.8) is 0 Å². The second-order valence-corrected chi connectivity index (χ2v) is 3.84. The van der Waals surface area contributed by atoms with Crippen LogP contribution in [0.2, 0.25) is 0 Å². The molecule has 0 atom stereocenters. The van der Waals surface area contributed by atoms with E-state index in [9.17, 15) is 13.2 Å². The Morgan fingerprint density at radius 2 is 1.37 bits per heavy atom. The summed E-state index contributed by atoms with van der Waals surface area (Å²) in [4.78, 5) is 0. The summed E-state index contributed by atoms with van der Waals surface area (Å²) in [6.07, 6.45) is 1.85. The van der Waals surface area contributed by atoms with E-state index in [1.165, 1.54) is 12.2 Å². The van der Waals surface area contributed by atoms with E-state index in [1.807, 2.05) is 12.8 Å². The quantitative estimate of drug-likeness (QED) is 0.489. The maximum absolute atomic E-state index is 11.8. The van der Waals surface area contributed by atoms with Crippen LogP contribution in [0.15, 0.2) is 72.9 Å². The highest BCUT2D eigenvalue weighted by Gasteiger charge is 2.22. The third-order valence-corrected chi connectivity index (χ3v) is 1.83. The second-order valence-electron chi connectivity index (χ2n) is 3.84. The third kappa shape index (κ3) is 9.49. The summed E-state index contributed by atoms with van der Waals surface area (Å²) < 4.78 is 35.5. The lowest BCUT2D eigenvalue weighted by Crippen LogP contribution is -2.01. The molecule has 0 spiro atoms. The molecule has 0 aliphatic rings. The van der Waals surface area contributed by atoms with Crippen LogP contribution in [0.5, 0.6) is 0 Å². The molecule has 0 heterocycles. The van der Waals surface area contributed by atoms with Crippen molar-refractivity contribution in [2.45, 2.75) is 13.1 Å². The fourth-order valence-corrected chi connectivity index (χ4v) is 0.851. The van der Waals surface area contributed by atoms with E-state index in [-0.39, 0.29) is 5.57 Å². The maximum Gasteiger partial charge on any atom is 0.458 e. The van der Waals surface area contributed by atoms with Crippen molar-refractivity contribution < 1.29 is 13.2 Å². The van der Waals surface area contributed by atoms with Gasteiger partial charge < -0.3 is 0 Å². The Balaban J connectivity index is 4.60. The van der Waals surface area contributed by atoms with Crippen LogP contribution in [-0.2, 0) is 0 Å². The minimum Gasteiger partial charge on any atom is -0.159 e. The van der Waals surface area contributed by atoms with Gasteiger partial charge in [0.1, 0.15) is 0 Å². The van der Waals surface area contributed by atoms with Crippen molar-refractivity contribution in [3.05, 3.63) is 72.9 Å². The van der Waals surface area contributed by atoms with E-state index in [2.05, 4.69) is 26.3 Å². The molecule has 0 saturated carbocycles. The van der Waals surface area contributed by atoms with Gasteiger partial charge in [0, 0.05) is 11.5 Å². The Labute approximate surface area is 112 Å². The van der Waals surface area contributed by atoms with Crippen molar-refractivity contribution in [3.8, 4) is 11.8 Å². The first kappa shape index (κ1) is 16.8. The predicted molar refractivity (Wildman–Crippen MR) is 74.3 cm³/mol. The zero-order valence-electron chi connectivity index (χ0n) is 10.8. The topological polar surface area (TPSA) is 0 Å². The van der Waals surface area contributed by atoms with Crippen molar-refractivity contribution in [2.24, 2.45) is 0 Å². The average Bonchev–Trinajstić information content (AvgIpc) is 2.29. The van der Waals surface area contributed by atoms with E-state index in [0.717, 1.165) is 11.5 Å². The van der Waals surface area contributed by atoms with E-state index in [1.54, 1.807) is 12.2 Å². The first-order valence-corrected chi connectivity index (χ1v) is 5.30. The molecule has 0 rings (SSSR count). The van der Waals surface area contributed by atoms with Gasteiger partial charge in [0.15, 0.2) is 0 Å². The molecule has 0 fully saturated rings. The van der Waals surface area contributed by atoms with E-state index in [4.69, 9.17) is 0 Å². The predicted octanol–water partition coefficient (Wildman–Crippen LogP) is 4.91. The third-order valence-electron chi connectivity index (χ3n) is 1.83. The monoisotopic (exact) mass is 264 g/mol. The SMILES string of the molecule is C=C(C)/C=C\C(=C)C(=C)/C=C\C(=C)C#CC(F)(F)F. The molecular weight excluding hydrogens is 249 g/mol. The molecule has 0 bridgehead atoms. The summed E-state index contributed by atoms with van der Waals surface area (Å²) in [5.41, 5.74) is 2.11. The summed E-state index contributed by atoms with van der Waals surface area (Å²) in [6.45, 7) is 16.4. The molecule has 100 valence electrons. The first-order chi connectivity index (χ1) is 8.61. The van der Waals surface area contributed by atoms with Crippen LogP contribution >= 0.6 is 0 Å². The van der Waals surface area contributed by atoms with E-state index >= 15 is 0 Å². The molecule has 0 nitrogen and oxygen atoms in total. The average molecular weight is 264 g/mol. The molecule has 0 aromatic heterocycles. The van der Waals surface area contributed by atoms with E-state index < -0.39 is 6.18 Å². The van der Waals surface area contributed by atoms with Crippen LogP contribution in [0.25, 0.3) is 0 Å². The molecule has 3 heteroatoms. The Morgan fingerprint density at radius 1 is 0.895 bits per heavy atom. The highest BCUT2D eigenvalue weighted by molar-refractivity contribution is 5.47. The van der Waals surface area contributed by atoms with Gasteiger partial charge in [-0.15, -0.1) is 0 Å². The second kappa shape index (κ2) is 7.27. The highest BCUT2D eigenvalue weighted by Crippen LogP contribution is 2.13. The molecule has 0 radical (unpaired) electrons. The molecule has 0 N–H and O–H groups in total. The first-order valence-electron chi connectivity index (χ1n) is 5.30. The Bertz CT molecular complexity index is 514. The van der Waals surface area contributed by atoms with Gasteiger partial charge in [-0.1, -0.05) is 56.0 Å². The Morgan fingerprint density at radius 3 is 1.79 bits per heavy atom. The smallest absolute Gasteiger partial charge is 0.159 e. The number of hydrogen-bond donors (Lipinski definition) is 0. The zero-order valence-corrected chi connectivity index (χ0v) is 10.8. The lowest BCUT2D eigenvalue weighted by molar-refractivity contribution is -0.0696. The number of allylic oxidation sites excluding steroid dienone is 8. The van der Waals surface area contributed by atoms with Gasteiger partial charge in [-0.25, -0.2) is 0 Å². The van der Waals surface area contributed by atoms with Crippen molar-refractivity contribution in [1.82, 2.24) is 0 Å². The minimum absolute atomic E-state index is 0.0511. The largest absolute Gasteiger partial charge is 0.458 e. The molecular formula is C16H15F3. The molecule has 0 aromatic rings. The van der Waals surface area contributed by atoms with Gasteiger partial charge in [0.2, 0.25) is 0 Å². The van der Waals surface area contributed by atoms with Crippen molar-refractivity contribution >= 4 is 0 Å². The van der Waals surface area contributed by atoms with Gasteiger partial charge >= 0.3 is 6.18 Å². The van der Waals surface area contributed by atoms with Gasteiger partial charge in [-0.3, -0.25) is 0 Å². The summed E-state index contributed by atoms with van der Waals surface area (Å²) in [7, 11) is 0. The number of halogens is 3. The van der Waals surface area contributed by atoms with Crippen LogP contribution in [0.3, 0.4) is 0 Å². The van der Waals surface area contributed by atoms with Crippen molar-refractivity contribution in [1.29, 1.82) is 0 Å². The lowest BCUT2D eigenvalue weighted by atomic mass is 10.1. The summed E-state index contributed by atoms with van der Waals surface area (Å²) in [5.74, 6) is 3.04. The highest BCUT2D eigenvalue weighted by atomic mass is 19.4. The number of alkyl halides is 3. The molecule has 0 saturated heterocycles. The van der Waals surface area contributed by atoms with Crippen LogP contribution in [0.4, 0.5) is 13.2 Å². The molecule has 0 aromatic carbocycles. The molecule has 0 aliphatic carbocycles. The number of hydrogen-bond acceptors (Lipinski definition) is 0. The molecule has 0 amide bonds. The standard InChI is InChI=1S/C16H15F3/c1-12(2)6-8-14(4)15(5)9-7-13(3)10-11-16(17,18)19/h6-9H,1,3-5H2,2H3/b8-6-,9-7-. The normalized spacial score (nSPS) is 11.2. The van der Waals surface area contributed by atoms with Crippen LogP contribution < -0.4 is 0 Å². The van der Waals surface area contributed by atoms with Crippen LogP contribution in [0.1, 0.15) is 6.92 Å². The summed E-state index contributed by atoms with van der Waals surface area (Å²) in [5, 5.41) is 0. The molecule has 0 unspecified atom stereocenters. The van der Waals surface area contributed by atoms with Gasteiger partial charge in [-0.2, -0.15) is 13.2 Å². The van der Waals surface area contributed by atoms with Crippen molar-refractivity contribution in [2.75, 3.05) is 0 Å². The van der Waals surface area contributed by atoms with Crippen LogP contribution in [-0.4, -0.2) is 6.18 Å². The zero-order chi connectivity index (χ0) is 15.1. The Kier molecular flexibility index (Phi) is 6.43. The maximum atomic E-state index is 11.8. The van der Waals surface area contributed by atoms with Gasteiger partial charge in [0.05, 0.1) is 0 Å². The number of rotatable bonds is 5.